The number of hydrogen-bond acceptors (Lipinski definition) is 3. The molecule has 1 unspecified atom stereocenters. The maximum atomic E-state index is 6.57. The molecule has 1 aliphatic rings. The summed E-state index contributed by atoms with van der Waals surface area (Å²) in [5.41, 5.74) is 16.4. The molecule has 0 radical (unpaired) electrons. The highest BCUT2D eigenvalue weighted by atomic mass is 16.3. The summed E-state index contributed by atoms with van der Waals surface area (Å²) in [5.74, 6) is 0.212. The number of fused-ring (bicyclic) bond motifs is 11. The predicted octanol–water partition coefficient (Wildman–Crippen LogP) is 17.8. The number of anilines is 2. The van der Waals surface area contributed by atoms with E-state index in [2.05, 4.69) is 234 Å². The maximum absolute atomic E-state index is 6.57. The third-order valence-corrected chi connectivity index (χ3v) is 14.1. The molecule has 10 aromatic carbocycles. The zero-order valence-corrected chi connectivity index (χ0v) is 37.0. The van der Waals surface area contributed by atoms with E-state index in [1.165, 1.54) is 38.4 Å². The van der Waals surface area contributed by atoms with Crippen molar-refractivity contribution in [1.29, 1.82) is 0 Å². The van der Waals surface area contributed by atoms with Crippen molar-refractivity contribution < 1.29 is 8.83 Å². The minimum absolute atomic E-state index is 0.212. The quantitative estimate of drug-likeness (QED) is 0.160. The Morgan fingerprint density at radius 2 is 1.13 bits per heavy atom. The molecule has 0 bridgehead atoms. The molecule has 3 heterocycles. The number of furan rings is 2. The van der Waals surface area contributed by atoms with Crippen LogP contribution >= 0.6 is 0 Å². The number of hydrogen-bond donors (Lipinski definition) is 0. The SMILES string of the molecule is C1=CC(c2cccc(-n3c4ccccc4c4ccccc43)c2)CC=C1N(c1ccc(-c2cccc3oc4ccccc4c23)cc1)c1ccccc1-c1ccc2oc3c4ccccc4ccc3c2c1. The second-order valence-electron chi connectivity index (χ2n) is 17.9. The number of benzene rings is 10. The summed E-state index contributed by atoms with van der Waals surface area (Å²) in [6.45, 7) is 0. The van der Waals surface area contributed by atoms with Crippen molar-refractivity contribution in [1.82, 2.24) is 4.57 Å². The Kier molecular flexibility index (Phi) is 8.68. The molecule has 0 saturated carbocycles. The Bertz CT molecular complexity index is 4150. The molecule has 0 N–H and O–H groups in total. The van der Waals surface area contributed by atoms with Gasteiger partial charge in [-0.05, 0) is 113 Å². The van der Waals surface area contributed by atoms with Gasteiger partial charge in [-0.2, -0.15) is 0 Å². The lowest BCUT2D eigenvalue weighted by Crippen LogP contribution is -2.18. The van der Waals surface area contributed by atoms with Gasteiger partial charge in [0.2, 0.25) is 0 Å². The Morgan fingerprint density at radius 3 is 1.96 bits per heavy atom. The predicted molar refractivity (Wildman–Crippen MR) is 283 cm³/mol. The first-order chi connectivity index (χ1) is 33.7. The van der Waals surface area contributed by atoms with Crippen molar-refractivity contribution in [2.75, 3.05) is 4.90 Å². The van der Waals surface area contributed by atoms with Gasteiger partial charge in [-0.1, -0.05) is 158 Å². The Balaban J connectivity index is 0.873. The van der Waals surface area contributed by atoms with Gasteiger partial charge >= 0.3 is 0 Å². The molecule has 68 heavy (non-hydrogen) atoms. The van der Waals surface area contributed by atoms with Crippen LogP contribution in [0.5, 0.6) is 0 Å². The third kappa shape index (κ3) is 6.08. The van der Waals surface area contributed by atoms with E-state index in [0.29, 0.717) is 0 Å². The molecule has 0 fully saturated rings. The van der Waals surface area contributed by atoms with Gasteiger partial charge in [-0.15, -0.1) is 0 Å². The highest BCUT2D eigenvalue weighted by Crippen LogP contribution is 2.44. The van der Waals surface area contributed by atoms with Gasteiger partial charge in [0, 0.05) is 66.3 Å². The van der Waals surface area contributed by atoms with E-state index in [1.807, 2.05) is 12.1 Å². The number of para-hydroxylation sites is 4. The molecule has 14 rings (SSSR count). The molecular formula is C64H42N2O2. The smallest absolute Gasteiger partial charge is 0.143 e. The van der Waals surface area contributed by atoms with E-state index in [9.17, 15) is 0 Å². The highest BCUT2D eigenvalue weighted by Gasteiger charge is 2.23. The van der Waals surface area contributed by atoms with Crippen LogP contribution in [0, 0.1) is 0 Å². The van der Waals surface area contributed by atoms with Crippen LogP contribution in [-0.2, 0) is 0 Å². The van der Waals surface area contributed by atoms with E-state index < -0.39 is 0 Å². The van der Waals surface area contributed by atoms with Crippen LogP contribution in [0.3, 0.4) is 0 Å². The second kappa shape index (κ2) is 15.4. The van der Waals surface area contributed by atoms with Crippen molar-refractivity contribution in [3.63, 3.8) is 0 Å². The minimum Gasteiger partial charge on any atom is -0.456 e. The second-order valence-corrected chi connectivity index (χ2v) is 17.9. The minimum atomic E-state index is 0.212. The number of rotatable bonds is 7. The van der Waals surface area contributed by atoms with E-state index in [-0.39, 0.29) is 5.92 Å². The van der Waals surface area contributed by atoms with Crippen molar-refractivity contribution >= 4 is 87.8 Å². The molecular weight excluding hydrogens is 829 g/mol. The fourth-order valence-corrected chi connectivity index (χ4v) is 10.9. The molecule has 13 aromatic rings. The van der Waals surface area contributed by atoms with Gasteiger partial charge in [0.15, 0.2) is 0 Å². The monoisotopic (exact) mass is 870 g/mol. The van der Waals surface area contributed by atoms with Crippen molar-refractivity contribution in [3.8, 4) is 27.9 Å². The Labute approximate surface area is 392 Å². The lowest BCUT2D eigenvalue weighted by Gasteiger charge is -2.31. The molecule has 4 nitrogen and oxygen atoms in total. The Hall–Kier alpha value is -8.86. The van der Waals surface area contributed by atoms with Gasteiger partial charge in [-0.25, -0.2) is 0 Å². The van der Waals surface area contributed by atoms with Crippen molar-refractivity contribution in [2.45, 2.75) is 12.3 Å². The summed E-state index contributed by atoms with van der Waals surface area (Å²) in [7, 11) is 0. The lowest BCUT2D eigenvalue weighted by atomic mass is 9.90. The van der Waals surface area contributed by atoms with Gasteiger partial charge in [0.25, 0.3) is 0 Å². The van der Waals surface area contributed by atoms with Crippen LogP contribution in [0.1, 0.15) is 17.9 Å². The first kappa shape index (κ1) is 38.4. The average Bonchev–Trinajstić information content (AvgIpc) is 4.09. The molecule has 4 heteroatoms. The largest absolute Gasteiger partial charge is 0.456 e. The first-order valence-corrected chi connectivity index (χ1v) is 23.4. The lowest BCUT2D eigenvalue weighted by molar-refractivity contribution is 0.669. The maximum Gasteiger partial charge on any atom is 0.143 e. The van der Waals surface area contributed by atoms with E-state index >= 15 is 0 Å². The fraction of sp³-hybridized carbons (Fsp3) is 0.0312. The standard InChI is InChI=1S/C64H42N2O2/c1-2-17-51-42(13-1)31-37-54-56-40-45(32-38-61(56)68-64(51)54)49-16-3-7-22-57(49)65(47-35-29-43(30-36-47)50-21-12-26-62-63(50)55-20-6-10-25-60(55)67-62)46-33-27-41(28-34-46)44-14-11-15-48(39-44)66-58-23-8-4-18-52(58)53-19-5-9-24-59(53)66/h1-27,29-41H,28H2. The van der Waals surface area contributed by atoms with Gasteiger partial charge < -0.3 is 18.3 Å². The van der Waals surface area contributed by atoms with Gasteiger partial charge in [-0.3, -0.25) is 0 Å². The van der Waals surface area contributed by atoms with Crippen LogP contribution in [0.15, 0.2) is 251 Å². The summed E-state index contributed by atoms with van der Waals surface area (Å²) in [6, 6.07) is 78.5. The third-order valence-electron chi connectivity index (χ3n) is 14.1. The Morgan fingerprint density at radius 1 is 0.456 bits per heavy atom. The van der Waals surface area contributed by atoms with Crippen LogP contribution < -0.4 is 4.90 Å². The zero-order chi connectivity index (χ0) is 44.7. The first-order valence-electron chi connectivity index (χ1n) is 23.4. The van der Waals surface area contributed by atoms with Crippen LogP contribution in [0.2, 0.25) is 0 Å². The highest BCUT2D eigenvalue weighted by molar-refractivity contribution is 6.16. The van der Waals surface area contributed by atoms with Crippen molar-refractivity contribution in [3.05, 3.63) is 248 Å². The summed E-state index contributed by atoms with van der Waals surface area (Å²) in [5, 5.41) is 9.34. The zero-order valence-electron chi connectivity index (χ0n) is 37.0. The van der Waals surface area contributed by atoms with Crippen LogP contribution in [0.4, 0.5) is 11.4 Å². The van der Waals surface area contributed by atoms with E-state index in [0.717, 1.165) is 95.0 Å². The van der Waals surface area contributed by atoms with Gasteiger partial charge in [0.1, 0.15) is 22.3 Å². The molecule has 0 amide bonds. The average molecular weight is 871 g/mol. The summed E-state index contributed by atoms with van der Waals surface area (Å²) < 4.78 is 15.3. The molecule has 0 saturated heterocycles. The molecule has 1 aliphatic carbocycles. The topological polar surface area (TPSA) is 34.5 Å². The number of allylic oxidation sites excluding steroid dienone is 3. The van der Waals surface area contributed by atoms with Crippen molar-refractivity contribution in [2.24, 2.45) is 0 Å². The van der Waals surface area contributed by atoms with Crippen LogP contribution in [-0.4, -0.2) is 4.57 Å². The summed E-state index contributed by atoms with van der Waals surface area (Å²) in [6.07, 6.45) is 7.99. The molecule has 0 spiro atoms. The molecule has 1 atom stereocenters. The number of aromatic nitrogens is 1. The fourth-order valence-electron chi connectivity index (χ4n) is 10.9. The molecule has 3 aromatic heterocycles. The molecule has 0 aliphatic heterocycles. The van der Waals surface area contributed by atoms with Gasteiger partial charge in [0.05, 0.1) is 16.7 Å². The normalized spacial score (nSPS) is 14.0. The molecule has 320 valence electrons. The number of nitrogens with zero attached hydrogens (tertiary/aromatic N) is 2. The van der Waals surface area contributed by atoms with Crippen LogP contribution in [0.25, 0.3) is 104 Å². The van der Waals surface area contributed by atoms with E-state index in [4.69, 9.17) is 8.83 Å². The summed E-state index contributed by atoms with van der Waals surface area (Å²) in [4.78, 5) is 2.43. The summed E-state index contributed by atoms with van der Waals surface area (Å²) >= 11 is 0. The van der Waals surface area contributed by atoms with E-state index in [1.54, 1.807) is 0 Å².